The van der Waals surface area contributed by atoms with Crippen LogP contribution in [-0.2, 0) is 0 Å². The van der Waals surface area contributed by atoms with E-state index < -0.39 is 0 Å². The number of hydrogen-bond acceptors (Lipinski definition) is 5. The summed E-state index contributed by atoms with van der Waals surface area (Å²) in [7, 11) is 0. The van der Waals surface area contributed by atoms with E-state index in [0.29, 0.717) is 28.9 Å². The minimum Gasteiger partial charge on any atom is -0.309 e. The van der Waals surface area contributed by atoms with Gasteiger partial charge in [-0.25, -0.2) is 19.9 Å². The summed E-state index contributed by atoms with van der Waals surface area (Å²) in [6.45, 7) is 0. The van der Waals surface area contributed by atoms with Gasteiger partial charge in [0.2, 0.25) is 0 Å². The smallest absolute Gasteiger partial charge is 0.164 e. The van der Waals surface area contributed by atoms with Crippen LogP contribution in [0.25, 0.3) is 78.6 Å². The molecule has 5 aromatic carbocycles. The molecule has 0 aliphatic carbocycles. The van der Waals surface area contributed by atoms with Gasteiger partial charge in [0.15, 0.2) is 23.2 Å². The highest BCUT2D eigenvalue weighted by Crippen LogP contribution is 2.36. The minimum atomic E-state index is 0.507. The predicted octanol–water partition coefficient (Wildman–Crippen LogP) is 9.16. The second kappa shape index (κ2) is 11.2. The molecule has 4 aromatic heterocycles. The van der Waals surface area contributed by atoms with Crippen LogP contribution in [0.4, 0.5) is 0 Å². The molecule has 0 bridgehead atoms. The molecule has 0 unspecified atom stereocenters. The van der Waals surface area contributed by atoms with Crippen molar-refractivity contribution >= 4 is 27.5 Å². The maximum Gasteiger partial charge on any atom is 0.164 e. The van der Waals surface area contributed by atoms with Gasteiger partial charge in [-0.3, -0.25) is 4.40 Å². The monoisotopic (exact) mass is 615 g/mol. The molecule has 0 spiro atoms. The predicted molar refractivity (Wildman–Crippen MR) is 189 cm³/mol. The first-order valence-electron chi connectivity index (χ1n) is 15.6. The first-order chi connectivity index (χ1) is 23.7. The van der Waals surface area contributed by atoms with Crippen LogP contribution in [0.5, 0.6) is 0 Å². The van der Waals surface area contributed by atoms with Crippen LogP contribution in [0, 0.1) is 11.3 Å². The van der Waals surface area contributed by atoms with E-state index in [2.05, 4.69) is 65.2 Å². The van der Waals surface area contributed by atoms with E-state index in [4.69, 9.17) is 19.9 Å². The van der Waals surface area contributed by atoms with Gasteiger partial charge in [0.05, 0.1) is 11.0 Å². The molecule has 0 radical (unpaired) electrons. The number of rotatable bonds is 5. The molecular weight excluding hydrogens is 591 g/mol. The Hall–Kier alpha value is -6.91. The van der Waals surface area contributed by atoms with Crippen LogP contribution in [0.15, 0.2) is 152 Å². The van der Waals surface area contributed by atoms with Crippen molar-refractivity contribution in [3.05, 3.63) is 157 Å². The molecule has 7 heteroatoms. The van der Waals surface area contributed by atoms with Crippen LogP contribution in [0.2, 0.25) is 0 Å². The van der Waals surface area contributed by atoms with Crippen molar-refractivity contribution in [2.24, 2.45) is 0 Å². The molecule has 9 rings (SSSR count). The Morgan fingerprint density at radius 1 is 0.479 bits per heavy atom. The normalized spacial score (nSPS) is 11.3. The Morgan fingerprint density at radius 2 is 1.10 bits per heavy atom. The topological polar surface area (TPSA) is 84.7 Å². The van der Waals surface area contributed by atoms with Gasteiger partial charge >= 0.3 is 0 Å². The molecule has 0 saturated heterocycles. The SMILES string of the molecule is N#Cc1c(-c2ccc3c4ccccc4n(-c4cccc(-c5nc(-c6ccccc6)nc(-c6ccccc6)n5)c4)c3c2)nc2ccccn12. The summed E-state index contributed by atoms with van der Waals surface area (Å²) in [6, 6.07) is 51.1. The van der Waals surface area contributed by atoms with E-state index in [1.54, 1.807) is 0 Å². The number of pyridine rings is 1. The highest BCUT2D eigenvalue weighted by atomic mass is 15.0. The van der Waals surface area contributed by atoms with E-state index in [-0.39, 0.29) is 0 Å². The lowest BCUT2D eigenvalue weighted by atomic mass is 10.1. The van der Waals surface area contributed by atoms with E-state index >= 15 is 0 Å². The molecule has 0 aliphatic heterocycles. The standard InChI is InChI=1S/C41H25N7/c42-26-36-38(43-37-20-9-10-23-47(36)37)29-21-22-33-32-18-7-8-19-34(32)48(35(33)25-29)31-17-11-16-30(24-31)41-45-39(27-12-3-1-4-13-27)44-40(46-41)28-14-5-2-6-15-28/h1-25H. The third-order valence-corrected chi connectivity index (χ3v) is 8.64. The number of aromatic nitrogens is 6. The van der Waals surface area contributed by atoms with Crippen molar-refractivity contribution in [3.8, 4) is 57.2 Å². The summed E-state index contributed by atoms with van der Waals surface area (Å²) < 4.78 is 4.09. The lowest BCUT2D eigenvalue weighted by molar-refractivity contribution is 1.07. The Kier molecular flexibility index (Phi) is 6.37. The van der Waals surface area contributed by atoms with Gasteiger partial charge < -0.3 is 4.57 Å². The fraction of sp³-hybridized carbons (Fsp3) is 0. The Morgan fingerprint density at radius 3 is 1.83 bits per heavy atom. The number of nitriles is 1. The quantitative estimate of drug-likeness (QED) is 0.193. The molecule has 9 aromatic rings. The second-order valence-electron chi connectivity index (χ2n) is 11.5. The van der Waals surface area contributed by atoms with Crippen molar-refractivity contribution in [3.63, 3.8) is 0 Å². The maximum atomic E-state index is 10.1. The van der Waals surface area contributed by atoms with E-state index in [1.807, 2.05) is 102 Å². The van der Waals surface area contributed by atoms with Crippen molar-refractivity contribution in [2.75, 3.05) is 0 Å². The van der Waals surface area contributed by atoms with Gasteiger partial charge in [-0.2, -0.15) is 5.26 Å². The molecule has 7 nitrogen and oxygen atoms in total. The number of hydrogen-bond donors (Lipinski definition) is 0. The Balaban J connectivity index is 1.24. The lowest BCUT2D eigenvalue weighted by Gasteiger charge is -2.12. The zero-order chi connectivity index (χ0) is 32.0. The van der Waals surface area contributed by atoms with Crippen molar-refractivity contribution in [1.82, 2.24) is 28.9 Å². The van der Waals surface area contributed by atoms with Crippen LogP contribution in [0.3, 0.4) is 0 Å². The van der Waals surface area contributed by atoms with Gasteiger partial charge in [0.1, 0.15) is 17.4 Å². The molecule has 0 fully saturated rings. The zero-order valence-electron chi connectivity index (χ0n) is 25.6. The van der Waals surface area contributed by atoms with Crippen LogP contribution in [0.1, 0.15) is 5.69 Å². The Labute approximate surface area is 275 Å². The molecular formula is C41H25N7. The minimum absolute atomic E-state index is 0.507. The summed E-state index contributed by atoms with van der Waals surface area (Å²) in [6.07, 6.45) is 1.87. The summed E-state index contributed by atoms with van der Waals surface area (Å²) in [5.74, 6) is 1.83. The molecule has 0 N–H and O–H groups in total. The van der Waals surface area contributed by atoms with Gasteiger partial charge in [-0.05, 0) is 36.4 Å². The average molecular weight is 616 g/mol. The number of nitrogens with zero attached hydrogens (tertiary/aromatic N) is 7. The van der Waals surface area contributed by atoms with E-state index in [9.17, 15) is 5.26 Å². The van der Waals surface area contributed by atoms with Crippen molar-refractivity contribution in [1.29, 1.82) is 5.26 Å². The molecule has 0 amide bonds. The van der Waals surface area contributed by atoms with Crippen molar-refractivity contribution < 1.29 is 0 Å². The molecule has 0 saturated carbocycles. The molecule has 4 heterocycles. The molecule has 0 atom stereocenters. The van der Waals surface area contributed by atoms with Gasteiger partial charge in [0.25, 0.3) is 0 Å². The number of imidazole rings is 1. The van der Waals surface area contributed by atoms with Crippen molar-refractivity contribution in [2.45, 2.75) is 0 Å². The highest BCUT2D eigenvalue weighted by molar-refractivity contribution is 6.10. The third-order valence-electron chi connectivity index (χ3n) is 8.64. The number of fused-ring (bicyclic) bond motifs is 4. The summed E-state index contributed by atoms with van der Waals surface area (Å²) in [4.78, 5) is 19.6. The molecule has 0 aliphatic rings. The van der Waals surface area contributed by atoms with Crippen LogP contribution >= 0.6 is 0 Å². The Bertz CT molecular complexity index is 2630. The largest absolute Gasteiger partial charge is 0.309 e. The van der Waals surface area contributed by atoms with E-state index in [0.717, 1.165) is 55.4 Å². The van der Waals surface area contributed by atoms with Gasteiger partial charge in [-0.15, -0.1) is 0 Å². The lowest BCUT2D eigenvalue weighted by Crippen LogP contribution is -2.01. The molecule has 224 valence electrons. The first-order valence-corrected chi connectivity index (χ1v) is 15.6. The third kappa shape index (κ3) is 4.51. The van der Waals surface area contributed by atoms with Crippen LogP contribution < -0.4 is 0 Å². The fourth-order valence-electron chi connectivity index (χ4n) is 6.42. The number of para-hydroxylation sites is 1. The zero-order valence-corrected chi connectivity index (χ0v) is 25.6. The number of benzene rings is 5. The maximum absolute atomic E-state index is 10.1. The van der Waals surface area contributed by atoms with E-state index in [1.165, 1.54) is 0 Å². The summed E-state index contributed by atoms with van der Waals surface area (Å²) in [5.41, 5.74) is 8.55. The molecule has 48 heavy (non-hydrogen) atoms. The average Bonchev–Trinajstić information content (AvgIpc) is 3.71. The van der Waals surface area contributed by atoms with Gasteiger partial charge in [0, 0.05) is 44.9 Å². The van der Waals surface area contributed by atoms with Crippen LogP contribution in [-0.4, -0.2) is 28.9 Å². The summed E-state index contributed by atoms with van der Waals surface area (Å²) >= 11 is 0. The fourth-order valence-corrected chi connectivity index (χ4v) is 6.42. The summed E-state index contributed by atoms with van der Waals surface area (Å²) in [5, 5.41) is 12.4. The first kappa shape index (κ1) is 27.4. The highest BCUT2D eigenvalue weighted by Gasteiger charge is 2.19. The van der Waals surface area contributed by atoms with Gasteiger partial charge in [-0.1, -0.05) is 109 Å². The second-order valence-corrected chi connectivity index (χ2v) is 11.5.